The lowest BCUT2D eigenvalue weighted by atomic mass is 10.1. The van der Waals surface area contributed by atoms with Gasteiger partial charge in [0.05, 0.1) is 49.7 Å². The largest absolute Gasteiger partial charge is 0.493 e. The first-order valence-corrected chi connectivity index (χ1v) is 7.62. The van der Waals surface area contributed by atoms with E-state index in [1.807, 2.05) is 0 Å². The van der Waals surface area contributed by atoms with E-state index in [4.69, 9.17) is 19.4 Å². The molecule has 1 aromatic carbocycles. The van der Waals surface area contributed by atoms with Crippen molar-refractivity contribution in [1.82, 2.24) is 4.90 Å². The molecule has 24 heavy (non-hydrogen) atoms. The van der Waals surface area contributed by atoms with Gasteiger partial charge in [0, 0.05) is 19.6 Å². The lowest BCUT2D eigenvalue weighted by molar-refractivity contribution is -0.385. The molecule has 0 radical (unpaired) electrons. The van der Waals surface area contributed by atoms with Gasteiger partial charge < -0.3 is 19.4 Å². The van der Waals surface area contributed by atoms with E-state index in [1.165, 1.54) is 19.2 Å². The Bertz CT molecular complexity index is 587. The van der Waals surface area contributed by atoms with Crippen molar-refractivity contribution in [3.05, 3.63) is 27.8 Å². The van der Waals surface area contributed by atoms with Gasteiger partial charge in [-0.15, -0.1) is 0 Å². The number of nitrogens with zero attached hydrogens (tertiary/aromatic N) is 3. The van der Waals surface area contributed by atoms with Gasteiger partial charge in [-0.25, -0.2) is 0 Å². The van der Waals surface area contributed by atoms with Crippen molar-refractivity contribution in [2.45, 2.75) is 6.42 Å². The summed E-state index contributed by atoms with van der Waals surface area (Å²) in [6, 6.07) is 2.69. The van der Waals surface area contributed by atoms with Crippen LogP contribution in [0.15, 0.2) is 17.3 Å². The molecule has 2 rings (SSSR count). The third kappa shape index (κ3) is 4.80. The summed E-state index contributed by atoms with van der Waals surface area (Å²) in [4.78, 5) is 12.8. The molecule has 132 valence electrons. The molecule has 1 fully saturated rings. The van der Waals surface area contributed by atoms with Gasteiger partial charge in [-0.05, 0) is 12.5 Å². The number of rotatable bonds is 8. The van der Waals surface area contributed by atoms with Crippen LogP contribution in [0.3, 0.4) is 0 Å². The second-order valence-electron chi connectivity index (χ2n) is 5.22. The number of ether oxygens (including phenoxy) is 3. The van der Waals surface area contributed by atoms with Crippen LogP contribution in [0.1, 0.15) is 12.0 Å². The quantitative estimate of drug-likeness (QED) is 0.251. The van der Waals surface area contributed by atoms with E-state index in [2.05, 4.69) is 10.1 Å². The predicted molar refractivity (Wildman–Crippen MR) is 86.4 cm³/mol. The molecular weight excluding hydrogens is 318 g/mol. The van der Waals surface area contributed by atoms with Crippen molar-refractivity contribution >= 4 is 11.9 Å². The van der Waals surface area contributed by atoms with Crippen LogP contribution in [0.2, 0.25) is 0 Å². The fourth-order valence-corrected chi connectivity index (χ4v) is 2.46. The summed E-state index contributed by atoms with van der Waals surface area (Å²) < 4.78 is 16.1. The second-order valence-corrected chi connectivity index (χ2v) is 5.22. The Hall–Kier alpha value is -2.39. The monoisotopic (exact) mass is 339 g/mol. The van der Waals surface area contributed by atoms with E-state index in [0.717, 1.165) is 45.5 Å². The van der Waals surface area contributed by atoms with Gasteiger partial charge in [-0.2, -0.15) is 0 Å². The van der Waals surface area contributed by atoms with E-state index >= 15 is 0 Å². The van der Waals surface area contributed by atoms with Gasteiger partial charge in [0.1, 0.15) is 0 Å². The first-order chi connectivity index (χ1) is 11.7. The number of nitro groups is 1. The number of benzene rings is 1. The highest BCUT2D eigenvalue weighted by atomic mass is 16.6. The topological polar surface area (TPSA) is 107 Å². The van der Waals surface area contributed by atoms with Gasteiger partial charge in [-0.3, -0.25) is 15.0 Å². The van der Waals surface area contributed by atoms with Crippen LogP contribution in [-0.4, -0.2) is 67.8 Å². The van der Waals surface area contributed by atoms with Gasteiger partial charge in [0.2, 0.25) is 0 Å². The third-order valence-electron chi connectivity index (χ3n) is 3.69. The lowest BCUT2D eigenvalue weighted by Crippen LogP contribution is -2.37. The van der Waals surface area contributed by atoms with Crippen molar-refractivity contribution in [3.8, 4) is 11.5 Å². The Morgan fingerprint density at radius 2 is 2.17 bits per heavy atom. The molecule has 0 saturated carbocycles. The SMILES string of the molecule is COc1cc([N+](=O)[O-])c(/C=N\O)cc1OCCCN1CCOCC1. The van der Waals surface area contributed by atoms with Crippen molar-refractivity contribution in [2.75, 3.05) is 46.6 Å². The Morgan fingerprint density at radius 1 is 1.42 bits per heavy atom. The summed E-state index contributed by atoms with van der Waals surface area (Å²) in [5.41, 5.74) is -0.0724. The zero-order valence-electron chi connectivity index (χ0n) is 13.5. The minimum absolute atomic E-state index is 0.145. The van der Waals surface area contributed by atoms with Crippen LogP contribution in [0, 0.1) is 10.1 Å². The number of oxime groups is 1. The molecule has 0 bridgehead atoms. The minimum Gasteiger partial charge on any atom is -0.493 e. The van der Waals surface area contributed by atoms with Crippen LogP contribution < -0.4 is 9.47 Å². The highest BCUT2D eigenvalue weighted by Crippen LogP contribution is 2.34. The second kappa shape index (κ2) is 9.04. The Kier molecular flexibility index (Phi) is 6.76. The molecule has 0 aromatic heterocycles. The molecule has 1 aliphatic rings. The number of hydrogen-bond donors (Lipinski definition) is 1. The summed E-state index contributed by atoms with van der Waals surface area (Å²) in [6.07, 6.45) is 1.81. The third-order valence-corrected chi connectivity index (χ3v) is 3.69. The predicted octanol–water partition coefficient (Wildman–Crippen LogP) is 1.51. The maximum atomic E-state index is 11.1. The molecule has 1 aromatic rings. The fraction of sp³-hybridized carbons (Fsp3) is 0.533. The molecule has 0 spiro atoms. The van der Waals surface area contributed by atoms with Crippen LogP contribution in [0.4, 0.5) is 5.69 Å². The van der Waals surface area contributed by atoms with E-state index in [9.17, 15) is 10.1 Å². The molecular formula is C15H21N3O6. The Balaban J connectivity index is 1.99. The first-order valence-electron chi connectivity index (χ1n) is 7.62. The van der Waals surface area contributed by atoms with E-state index in [-0.39, 0.29) is 17.0 Å². The van der Waals surface area contributed by atoms with Gasteiger partial charge >= 0.3 is 0 Å². The molecule has 1 aliphatic heterocycles. The molecule has 0 amide bonds. The average molecular weight is 339 g/mol. The molecule has 0 atom stereocenters. The Labute approximate surface area is 139 Å². The molecule has 0 aliphatic carbocycles. The molecule has 1 N–H and O–H groups in total. The van der Waals surface area contributed by atoms with Crippen LogP contribution in [0.25, 0.3) is 0 Å². The van der Waals surface area contributed by atoms with E-state index < -0.39 is 4.92 Å². The maximum Gasteiger partial charge on any atom is 0.282 e. The first kappa shape index (κ1) is 18.0. The number of hydrogen-bond acceptors (Lipinski definition) is 8. The molecule has 0 unspecified atom stereocenters. The van der Waals surface area contributed by atoms with Gasteiger partial charge in [-0.1, -0.05) is 5.16 Å². The summed E-state index contributed by atoms with van der Waals surface area (Å²) in [5, 5.41) is 22.6. The zero-order chi connectivity index (χ0) is 17.4. The van der Waals surface area contributed by atoms with Gasteiger partial charge in [0.25, 0.3) is 5.69 Å². The molecule has 1 saturated heterocycles. The van der Waals surface area contributed by atoms with Crippen molar-refractivity contribution in [1.29, 1.82) is 0 Å². The maximum absolute atomic E-state index is 11.1. The van der Waals surface area contributed by atoms with Crippen LogP contribution in [0.5, 0.6) is 11.5 Å². The van der Waals surface area contributed by atoms with Gasteiger partial charge in [0.15, 0.2) is 11.5 Å². The average Bonchev–Trinajstić information content (AvgIpc) is 2.59. The molecule has 9 heteroatoms. The summed E-state index contributed by atoms with van der Waals surface area (Å²) in [7, 11) is 1.42. The van der Waals surface area contributed by atoms with Crippen molar-refractivity contribution in [3.63, 3.8) is 0 Å². The molecule has 9 nitrogen and oxygen atoms in total. The number of nitro benzene ring substituents is 1. The fourth-order valence-electron chi connectivity index (χ4n) is 2.46. The van der Waals surface area contributed by atoms with E-state index in [0.29, 0.717) is 12.4 Å². The summed E-state index contributed by atoms with van der Waals surface area (Å²) >= 11 is 0. The lowest BCUT2D eigenvalue weighted by Gasteiger charge is -2.26. The van der Waals surface area contributed by atoms with E-state index in [1.54, 1.807) is 0 Å². The normalized spacial score (nSPS) is 15.5. The van der Waals surface area contributed by atoms with Crippen molar-refractivity contribution in [2.24, 2.45) is 5.16 Å². The molecule has 1 heterocycles. The summed E-state index contributed by atoms with van der Waals surface area (Å²) in [6.45, 7) is 4.67. The highest BCUT2D eigenvalue weighted by Gasteiger charge is 2.19. The summed E-state index contributed by atoms with van der Waals surface area (Å²) in [5.74, 6) is 0.642. The number of morpholine rings is 1. The highest BCUT2D eigenvalue weighted by molar-refractivity contribution is 5.86. The number of methoxy groups -OCH3 is 1. The Morgan fingerprint density at radius 3 is 2.79 bits per heavy atom. The minimum atomic E-state index is -0.568. The van der Waals surface area contributed by atoms with Crippen LogP contribution >= 0.6 is 0 Å². The standard InChI is InChI=1S/C15H21N3O6/c1-22-14-10-13(18(20)21)12(11-16-19)9-15(14)24-6-2-3-17-4-7-23-8-5-17/h9-11,19H,2-8H2,1H3/b16-11-. The smallest absolute Gasteiger partial charge is 0.282 e. The van der Waals surface area contributed by atoms with Crippen molar-refractivity contribution < 1.29 is 24.3 Å². The zero-order valence-corrected chi connectivity index (χ0v) is 13.5. The van der Waals surface area contributed by atoms with Crippen LogP contribution in [-0.2, 0) is 4.74 Å².